The van der Waals surface area contributed by atoms with E-state index in [2.05, 4.69) is 10.3 Å². The maximum absolute atomic E-state index is 12.9. The number of esters is 1. The molecule has 0 spiro atoms. The number of hydrogen-bond acceptors (Lipinski definition) is 6. The summed E-state index contributed by atoms with van der Waals surface area (Å²) in [6.07, 6.45) is 0.124. The van der Waals surface area contributed by atoms with Gasteiger partial charge in [0.05, 0.1) is 23.5 Å². The molecule has 0 bridgehead atoms. The number of anilines is 2. The van der Waals surface area contributed by atoms with Crippen LogP contribution in [0.4, 0.5) is 11.4 Å². The third-order valence-electron chi connectivity index (χ3n) is 4.97. The Labute approximate surface area is 194 Å². The molecule has 0 saturated carbocycles. The molecule has 1 aromatic heterocycles. The van der Waals surface area contributed by atoms with Gasteiger partial charge in [-0.15, -0.1) is 11.3 Å². The Morgan fingerprint density at radius 2 is 1.97 bits per heavy atom. The predicted octanol–water partition coefficient (Wildman–Crippen LogP) is 4.31. The topological polar surface area (TPSA) is 88.6 Å². The molecule has 4 rings (SSSR count). The first-order valence-corrected chi connectivity index (χ1v) is 11.2. The summed E-state index contributed by atoms with van der Waals surface area (Å²) in [5, 5.41) is 5.89. The summed E-state index contributed by atoms with van der Waals surface area (Å²) < 4.78 is 5.24. The molecule has 164 valence electrons. The molecule has 1 unspecified atom stereocenters. The number of carbonyl (C=O) groups is 3. The Hall–Kier alpha value is -3.23. The molecular weight excluding hydrogens is 450 g/mol. The highest BCUT2D eigenvalue weighted by Crippen LogP contribution is 2.31. The van der Waals surface area contributed by atoms with Gasteiger partial charge < -0.3 is 15.0 Å². The first kappa shape index (κ1) is 22.0. The number of nitrogens with one attached hydrogen (secondary N) is 1. The van der Waals surface area contributed by atoms with Crippen LogP contribution in [0.1, 0.15) is 18.4 Å². The fraction of sp³-hybridized carbons (Fsp3) is 0.217. The number of thiazole rings is 1. The number of aromatic nitrogens is 1. The van der Waals surface area contributed by atoms with Gasteiger partial charge in [0.25, 0.3) is 5.91 Å². The minimum atomic E-state index is -0.541. The van der Waals surface area contributed by atoms with Gasteiger partial charge in [0, 0.05) is 28.4 Å². The zero-order valence-electron chi connectivity index (χ0n) is 17.2. The number of nitrogens with zero attached hydrogens (tertiary/aromatic N) is 2. The number of carbonyl (C=O) groups excluding carboxylic acids is 3. The van der Waals surface area contributed by atoms with Crippen LogP contribution in [0.15, 0.2) is 53.9 Å². The van der Waals surface area contributed by atoms with Gasteiger partial charge in [-0.25, -0.2) is 4.98 Å². The summed E-state index contributed by atoms with van der Waals surface area (Å²) in [7, 11) is 0. The highest BCUT2D eigenvalue weighted by atomic mass is 35.5. The number of amides is 2. The lowest BCUT2D eigenvalue weighted by atomic mass is 10.1. The van der Waals surface area contributed by atoms with Crippen LogP contribution in [0.3, 0.4) is 0 Å². The SMILES string of the molecule is CC1CC(=O)Nc2ccccc2N1C(=O)COC(=O)Cc1nc(-c2ccc(Cl)cc2)cs1. The maximum atomic E-state index is 12.9. The first-order chi connectivity index (χ1) is 15.4. The lowest BCUT2D eigenvalue weighted by Crippen LogP contribution is -2.41. The summed E-state index contributed by atoms with van der Waals surface area (Å²) in [4.78, 5) is 43.3. The molecule has 32 heavy (non-hydrogen) atoms. The third-order valence-corrected chi connectivity index (χ3v) is 6.07. The largest absolute Gasteiger partial charge is 0.455 e. The van der Waals surface area contributed by atoms with Gasteiger partial charge in [0.1, 0.15) is 5.01 Å². The molecule has 3 aromatic rings. The lowest BCUT2D eigenvalue weighted by Gasteiger charge is -2.27. The van der Waals surface area contributed by atoms with Crippen molar-refractivity contribution in [1.29, 1.82) is 0 Å². The van der Waals surface area contributed by atoms with Crippen molar-refractivity contribution in [2.45, 2.75) is 25.8 Å². The van der Waals surface area contributed by atoms with E-state index in [9.17, 15) is 14.4 Å². The van der Waals surface area contributed by atoms with Crippen LogP contribution in [-0.4, -0.2) is 35.4 Å². The number of para-hydroxylation sites is 2. The van der Waals surface area contributed by atoms with E-state index >= 15 is 0 Å². The number of rotatable bonds is 5. The highest BCUT2D eigenvalue weighted by Gasteiger charge is 2.30. The van der Waals surface area contributed by atoms with E-state index in [-0.39, 0.29) is 24.8 Å². The number of ether oxygens (including phenoxy) is 1. The molecular formula is C23H20ClN3O4S. The second-order valence-corrected chi connectivity index (χ2v) is 8.73. The molecule has 1 aliphatic rings. The van der Waals surface area contributed by atoms with Crippen molar-refractivity contribution in [1.82, 2.24) is 4.98 Å². The van der Waals surface area contributed by atoms with Gasteiger partial charge in [-0.3, -0.25) is 14.4 Å². The number of benzene rings is 2. The van der Waals surface area contributed by atoms with Crippen molar-refractivity contribution in [2.24, 2.45) is 0 Å². The Morgan fingerprint density at radius 1 is 1.22 bits per heavy atom. The van der Waals surface area contributed by atoms with E-state index in [0.717, 1.165) is 11.3 Å². The van der Waals surface area contributed by atoms with E-state index < -0.39 is 18.5 Å². The van der Waals surface area contributed by atoms with Crippen molar-refractivity contribution in [3.63, 3.8) is 0 Å². The average molecular weight is 470 g/mol. The second-order valence-electron chi connectivity index (χ2n) is 7.35. The van der Waals surface area contributed by atoms with Gasteiger partial charge in [0.15, 0.2) is 6.61 Å². The van der Waals surface area contributed by atoms with Gasteiger partial charge in [0.2, 0.25) is 5.91 Å². The van der Waals surface area contributed by atoms with Crippen LogP contribution in [-0.2, 0) is 25.5 Å². The van der Waals surface area contributed by atoms with Gasteiger partial charge >= 0.3 is 5.97 Å². The van der Waals surface area contributed by atoms with Gasteiger partial charge in [-0.2, -0.15) is 0 Å². The summed E-state index contributed by atoms with van der Waals surface area (Å²) in [6.45, 7) is 1.37. The van der Waals surface area contributed by atoms with E-state index in [4.69, 9.17) is 16.3 Å². The van der Waals surface area contributed by atoms with Crippen molar-refractivity contribution in [2.75, 3.05) is 16.8 Å². The minimum absolute atomic E-state index is 0.0300. The molecule has 2 aromatic carbocycles. The van der Waals surface area contributed by atoms with Gasteiger partial charge in [-0.1, -0.05) is 35.9 Å². The van der Waals surface area contributed by atoms with E-state index in [1.54, 1.807) is 43.3 Å². The monoisotopic (exact) mass is 469 g/mol. The summed E-state index contributed by atoms with van der Waals surface area (Å²) in [6, 6.07) is 14.0. The Bertz CT molecular complexity index is 1160. The molecule has 0 aliphatic carbocycles. The molecule has 0 saturated heterocycles. The summed E-state index contributed by atoms with van der Waals surface area (Å²) in [5.74, 6) is -1.10. The van der Waals surface area contributed by atoms with Crippen molar-refractivity contribution in [3.8, 4) is 11.3 Å². The Balaban J connectivity index is 1.38. The van der Waals surface area contributed by atoms with Crippen LogP contribution >= 0.6 is 22.9 Å². The zero-order chi connectivity index (χ0) is 22.7. The summed E-state index contributed by atoms with van der Waals surface area (Å²) >= 11 is 7.26. The van der Waals surface area contributed by atoms with Gasteiger partial charge in [-0.05, 0) is 31.2 Å². The molecule has 7 nitrogen and oxygen atoms in total. The Morgan fingerprint density at radius 3 is 2.75 bits per heavy atom. The molecule has 1 N–H and O–H groups in total. The third kappa shape index (κ3) is 4.98. The maximum Gasteiger partial charge on any atom is 0.313 e. The van der Waals surface area contributed by atoms with Crippen LogP contribution in [0.25, 0.3) is 11.3 Å². The predicted molar refractivity (Wildman–Crippen MR) is 124 cm³/mol. The van der Waals surface area contributed by atoms with Crippen molar-refractivity contribution >= 4 is 52.1 Å². The minimum Gasteiger partial charge on any atom is -0.455 e. The molecule has 0 radical (unpaired) electrons. The molecule has 0 fully saturated rings. The highest BCUT2D eigenvalue weighted by molar-refractivity contribution is 7.10. The normalized spacial score (nSPS) is 15.5. The van der Waals surface area contributed by atoms with E-state index in [1.807, 2.05) is 17.5 Å². The molecule has 9 heteroatoms. The van der Waals surface area contributed by atoms with Crippen LogP contribution in [0.5, 0.6) is 0 Å². The van der Waals surface area contributed by atoms with Crippen LogP contribution < -0.4 is 10.2 Å². The smallest absolute Gasteiger partial charge is 0.313 e. The van der Waals surface area contributed by atoms with Crippen molar-refractivity contribution < 1.29 is 19.1 Å². The quantitative estimate of drug-likeness (QED) is 0.562. The standard InChI is InChI=1S/C23H20ClN3O4S/c1-14-10-20(28)25-17-4-2-3-5-19(17)27(14)22(29)12-31-23(30)11-21-26-18(13-32-21)15-6-8-16(24)9-7-15/h2-9,13-14H,10-12H2,1H3,(H,25,28). The first-order valence-electron chi connectivity index (χ1n) is 9.97. The van der Waals surface area contributed by atoms with Crippen LogP contribution in [0.2, 0.25) is 5.02 Å². The number of halogens is 1. The van der Waals surface area contributed by atoms with E-state index in [1.165, 1.54) is 16.2 Å². The zero-order valence-corrected chi connectivity index (χ0v) is 18.8. The number of fused-ring (bicyclic) bond motifs is 1. The van der Waals surface area contributed by atoms with E-state index in [0.29, 0.717) is 21.4 Å². The van der Waals surface area contributed by atoms with Crippen LogP contribution in [0, 0.1) is 0 Å². The van der Waals surface area contributed by atoms with Crippen molar-refractivity contribution in [3.05, 3.63) is 63.9 Å². The molecule has 1 atom stereocenters. The molecule has 2 heterocycles. The average Bonchev–Trinajstić information content (AvgIpc) is 3.17. The Kier molecular flexibility index (Phi) is 6.53. The molecule has 1 aliphatic heterocycles. The number of hydrogen-bond donors (Lipinski definition) is 1. The summed E-state index contributed by atoms with van der Waals surface area (Å²) in [5.41, 5.74) is 2.79. The fourth-order valence-corrected chi connectivity index (χ4v) is 4.41. The lowest BCUT2D eigenvalue weighted by molar-refractivity contribution is -0.147. The molecule has 2 amide bonds. The fourth-order valence-electron chi connectivity index (χ4n) is 3.50. The second kappa shape index (κ2) is 9.50.